The quantitative estimate of drug-likeness (QED) is 0.761. The lowest BCUT2D eigenvalue weighted by Gasteiger charge is -2.37. The highest BCUT2D eigenvalue weighted by Crippen LogP contribution is 2.35. The van der Waals surface area contributed by atoms with Crippen LogP contribution in [0.3, 0.4) is 0 Å². The average Bonchev–Trinajstić information content (AvgIpc) is 3.07. The minimum absolute atomic E-state index is 0.0409. The molecule has 2 saturated heterocycles. The third-order valence-electron chi connectivity index (χ3n) is 5.69. The van der Waals surface area contributed by atoms with Crippen LogP contribution in [0.2, 0.25) is 0 Å². The molecular weight excluding hydrogens is 352 g/mol. The molecule has 2 fully saturated rings. The summed E-state index contributed by atoms with van der Waals surface area (Å²) in [5.74, 6) is -0.0536. The first kappa shape index (κ1) is 19.4. The molecule has 0 unspecified atom stereocenters. The van der Waals surface area contributed by atoms with Crippen molar-refractivity contribution in [2.75, 3.05) is 26.2 Å². The molecule has 9 nitrogen and oxygen atoms in total. The lowest BCUT2D eigenvalue weighted by molar-refractivity contribution is -0.137. The number of amides is 3. The van der Waals surface area contributed by atoms with Gasteiger partial charge in [-0.25, -0.2) is 4.79 Å². The molecule has 1 spiro atoms. The van der Waals surface area contributed by atoms with Crippen LogP contribution in [0.15, 0.2) is 5.16 Å². The standard InChI is InChI=1S/C18H28N4O5/c1-2-3-15(23)21-10-6-18(7-11-21)12-14(20-27-18)16(24)19-13-4-8-22(9-5-13)17(25)26/h13H,2-12H2,1H3,(H,19,24)(H,25,26). The fraction of sp³-hybridized carbons (Fsp3) is 0.778. The van der Waals surface area contributed by atoms with E-state index in [9.17, 15) is 14.4 Å². The highest BCUT2D eigenvalue weighted by Gasteiger charge is 2.44. The summed E-state index contributed by atoms with van der Waals surface area (Å²) in [7, 11) is 0. The predicted molar refractivity (Wildman–Crippen MR) is 97.4 cm³/mol. The van der Waals surface area contributed by atoms with Crippen LogP contribution in [-0.2, 0) is 14.4 Å². The Kier molecular flexibility index (Phi) is 5.86. The lowest BCUT2D eigenvalue weighted by Crippen LogP contribution is -2.49. The number of likely N-dealkylation sites (tertiary alicyclic amines) is 2. The van der Waals surface area contributed by atoms with E-state index in [0.717, 1.165) is 6.42 Å². The Balaban J connectivity index is 1.45. The highest BCUT2D eigenvalue weighted by atomic mass is 16.7. The summed E-state index contributed by atoms with van der Waals surface area (Å²) in [6, 6.07) is -0.0409. The van der Waals surface area contributed by atoms with Crippen LogP contribution in [0.1, 0.15) is 51.9 Å². The number of carboxylic acid groups (broad SMARTS) is 1. The zero-order chi connectivity index (χ0) is 19.4. The van der Waals surface area contributed by atoms with E-state index in [4.69, 9.17) is 9.94 Å². The normalized spacial score (nSPS) is 22.3. The smallest absolute Gasteiger partial charge is 0.407 e. The van der Waals surface area contributed by atoms with Crippen LogP contribution in [0.25, 0.3) is 0 Å². The molecule has 3 heterocycles. The van der Waals surface area contributed by atoms with E-state index >= 15 is 0 Å². The van der Waals surface area contributed by atoms with Gasteiger partial charge in [-0.05, 0) is 19.3 Å². The molecule has 150 valence electrons. The zero-order valence-corrected chi connectivity index (χ0v) is 15.8. The number of hydrogen-bond acceptors (Lipinski definition) is 5. The second kappa shape index (κ2) is 8.14. The summed E-state index contributed by atoms with van der Waals surface area (Å²) in [5.41, 5.74) is -0.0773. The Morgan fingerprint density at radius 2 is 1.85 bits per heavy atom. The van der Waals surface area contributed by atoms with Gasteiger partial charge in [-0.15, -0.1) is 0 Å². The second-order valence-corrected chi connectivity index (χ2v) is 7.64. The monoisotopic (exact) mass is 380 g/mol. The summed E-state index contributed by atoms with van der Waals surface area (Å²) in [6.45, 7) is 4.12. The maximum atomic E-state index is 12.5. The molecule has 0 aliphatic carbocycles. The maximum Gasteiger partial charge on any atom is 0.407 e. The molecular formula is C18H28N4O5. The van der Waals surface area contributed by atoms with Gasteiger partial charge in [-0.3, -0.25) is 9.59 Å². The van der Waals surface area contributed by atoms with E-state index in [1.54, 1.807) is 0 Å². The highest BCUT2D eigenvalue weighted by molar-refractivity contribution is 6.39. The Hall–Kier alpha value is -2.32. The van der Waals surface area contributed by atoms with Gasteiger partial charge in [-0.1, -0.05) is 12.1 Å². The van der Waals surface area contributed by atoms with Gasteiger partial charge in [0.2, 0.25) is 5.91 Å². The third kappa shape index (κ3) is 4.51. The van der Waals surface area contributed by atoms with Gasteiger partial charge in [0.05, 0.1) is 0 Å². The number of piperidine rings is 2. The molecule has 0 bridgehead atoms. The first-order chi connectivity index (χ1) is 12.9. The fourth-order valence-electron chi connectivity index (χ4n) is 3.93. The number of nitrogens with zero attached hydrogens (tertiary/aromatic N) is 3. The van der Waals surface area contributed by atoms with Crippen LogP contribution in [-0.4, -0.2) is 76.3 Å². The minimum Gasteiger partial charge on any atom is -0.465 e. The van der Waals surface area contributed by atoms with Crippen molar-refractivity contribution in [3.63, 3.8) is 0 Å². The fourth-order valence-corrected chi connectivity index (χ4v) is 3.93. The number of hydrogen-bond donors (Lipinski definition) is 2. The SMILES string of the molecule is CCCC(=O)N1CCC2(CC1)CC(C(=O)NC1CCN(C(=O)O)CC1)=NO2. The van der Waals surface area contributed by atoms with E-state index in [1.807, 2.05) is 11.8 Å². The van der Waals surface area contributed by atoms with E-state index in [1.165, 1.54) is 4.90 Å². The van der Waals surface area contributed by atoms with Crippen molar-refractivity contribution in [3.8, 4) is 0 Å². The molecule has 3 aliphatic heterocycles. The maximum absolute atomic E-state index is 12.5. The number of rotatable bonds is 4. The topological polar surface area (TPSA) is 112 Å². The Labute approximate surface area is 158 Å². The summed E-state index contributed by atoms with van der Waals surface area (Å²) in [6.07, 6.45) is 3.52. The number of oxime groups is 1. The molecule has 2 N–H and O–H groups in total. The molecule has 0 aromatic carbocycles. The molecule has 0 aromatic rings. The van der Waals surface area contributed by atoms with E-state index in [0.29, 0.717) is 70.4 Å². The number of carbonyl (C=O) groups is 3. The first-order valence-electron chi connectivity index (χ1n) is 9.74. The molecule has 3 amide bonds. The van der Waals surface area contributed by atoms with Gasteiger partial charge in [0, 0.05) is 57.9 Å². The largest absolute Gasteiger partial charge is 0.465 e. The Morgan fingerprint density at radius 1 is 1.19 bits per heavy atom. The van der Waals surface area contributed by atoms with Crippen LogP contribution in [0.4, 0.5) is 4.79 Å². The zero-order valence-electron chi connectivity index (χ0n) is 15.8. The van der Waals surface area contributed by atoms with Crippen molar-refractivity contribution < 1.29 is 24.3 Å². The Morgan fingerprint density at radius 3 is 2.44 bits per heavy atom. The van der Waals surface area contributed by atoms with Crippen LogP contribution >= 0.6 is 0 Å². The molecule has 0 atom stereocenters. The van der Waals surface area contributed by atoms with Crippen LogP contribution in [0.5, 0.6) is 0 Å². The van der Waals surface area contributed by atoms with Crippen molar-refractivity contribution in [3.05, 3.63) is 0 Å². The van der Waals surface area contributed by atoms with Crippen molar-refractivity contribution in [2.45, 2.75) is 63.5 Å². The molecule has 3 rings (SSSR count). The van der Waals surface area contributed by atoms with Crippen molar-refractivity contribution in [1.29, 1.82) is 0 Å². The van der Waals surface area contributed by atoms with E-state index < -0.39 is 11.7 Å². The average molecular weight is 380 g/mol. The van der Waals surface area contributed by atoms with Gasteiger partial charge in [-0.2, -0.15) is 0 Å². The van der Waals surface area contributed by atoms with Crippen LogP contribution in [0, 0.1) is 0 Å². The predicted octanol–water partition coefficient (Wildman–Crippen LogP) is 1.18. The molecule has 0 radical (unpaired) electrons. The summed E-state index contributed by atoms with van der Waals surface area (Å²) < 4.78 is 0. The number of carbonyl (C=O) groups excluding carboxylic acids is 2. The van der Waals surface area contributed by atoms with Crippen molar-refractivity contribution in [1.82, 2.24) is 15.1 Å². The van der Waals surface area contributed by atoms with Gasteiger partial charge < -0.3 is 25.1 Å². The van der Waals surface area contributed by atoms with Gasteiger partial charge in [0.1, 0.15) is 11.3 Å². The van der Waals surface area contributed by atoms with E-state index in [2.05, 4.69) is 10.5 Å². The van der Waals surface area contributed by atoms with Gasteiger partial charge in [0.15, 0.2) is 0 Å². The summed E-state index contributed by atoms with van der Waals surface area (Å²) >= 11 is 0. The molecule has 9 heteroatoms. The van der Waals surface area contributed by atoms with Crippen molar-refractivity contribution >= 4 is 23.6 Å². The molecule has 27 heavy (non-hydrogen) atoms. The van der Waals surface area contributed by atoms with Crippen molar-refractivity contribution in [2.24, 2.45) is 5.16 Å². The number of nitrogens with one attached hydrogen (secondary N) is 1. The lowest BCUT2D eigenvalue weighted by atomic mass is 9.86. The molecule has 3 aliphatic rings. The van der Waals surface area contributed by atoms with Gasteiger partial charge in [0.25, 0.3) is 5.91 Å². The third-order valence-corrected chi connectivity index (χ3v) is 5.69. The summed E-state index contributed by atoms with van der Waals surface area (Å²) in [4.78, 5) is 44.3. The molecule has 0 aromatic heterocycles. The second-order valence-electron chi connectivity index (χ2n) is 7.64. The van der Waals surface area contributed by atoms with Crippen LogP contribution < -0.4 is 5.32 Å². The minimum atomic E-state index is -0.918. The molecule has 0 saturated carbocycles. The Bertz CT molecular complexity index is 619. The summed E-state index contributed by atoms with van der Waals surface area (Å²) in [5, 5.41) is 16.0. The van der Waals surface area contributed by atoms with E-state index in [-0.39, 0.29) is 17.9 Å². The first-order valence-corrected chi connectivity index (χ1v) is 9.74. The van der Waals surface area contributed by atoms with Gasteiger partial charge >= 0.3 is 6.09 Å².